The number of carbonyl (C=O) groups excluding carboxylic acids is 3. The van der Waals surface area contributed by atoms with Gasteiger partial charge in [-0.3, -0.25) is 28.1 Å². The van der Waals surface area contributed by atoms with Gasteiger partial charge in [-0.05, 0) is 138 Å². The molecule has 115 heavy (non-hydrogen) atoms. The molecule has 3 amide bonds. The van der Waals surface area contributed by atoms with Gasteiger partial charge in [-0.2, -0.15) is 15.0 Å². The number of aromatic nitrogens is 6. The van der Waals surface area contributed by atoms with Crippen LogP contribution in [0.25, 0.3) is 66.1 Å². The summed E-state index contributed by atoms with van der Waals surface area (Å²) in [6.45, 7) is 33.1. The molecule has 0 saturated carbocycles. The van der Waals surface area contributed by atoms with Crippen molar-refractivity contribution in [3.8, 4) is 33.4 Å². The first kappa shape index (κ1) is 79.1. The summed E-state index contributed by atoms with van der Waals surface area (Å²) in [6, 6.07) is 16.3. The lowest BCUT2D eigenvalue weighted by atomic mass is 9.88. The summed E-state index contributed by atoms with van der Waals surface area (Å²) < 4.78 is 109. The van der Waals surface area contributed by atoms with Crippen LogP contribution in [0.15, 0.2) is 140 Å². The van der Waals surface area contributed by atoms with Gasteiger partial charge < -0.3 is 43.6 Å². The van der Waals surface area contributed by atoms with Crippen LogP contribution in [0.2, 0.25) is 0 Å². The number of ether oxygens (including phenoxy) is 3. The molecule has 6 saturated heterocycles. The maximum atomic E-state index is 15.2. The fraction of sp³-hybridized carbons (Fsp3) is 0.400. The van der Waals surface area contributed by atoms with Crippen LogP contribution in [0, 0.1) is 71.9 Å². The second kappa shape index (κ2) is 30.7. The normalized spacial score (nSPS) is 20.9. The standard InChI is InChI=1S/2C29H30F2N4O3S.C27H26F2N4O3S/c1-5-23(36)33-10-18(4)34(11-17(33)3)27-21-8-16(2)24(20-7-6-19(30)9-22(20)31)26-25(21)35(28(37)32-27)12-29(15-39-26)13-38-14-29;1-5-23(36)35-17(3)10-33(11-18(35)4)27-21-8-16(2)24(20-7-6-19(30)9-22(20)31)26-25(21)34(28(37)32-27)12-29(15-39-26)13-38-14-29;1-3-21(34)31-6-8-32(9-7-31)25-19-10-16(2)22(18-5-4-17(28)11-20(18)29)24-23(19)33(26(35)30-25)12-27(15-37-24)13-36-14-27/h2*5-9,17-18H,1,10-15H2,2-4H3;3-5,10-11H,1,6-9,12-15H2,2H3/t2*17-,18+;/m1../s1. The highest BCUT2D eigenvalue weighted by atomic mass is 32.2. The van der Waals surface area contributed by atoms with Crippen LogP contribution in [0.3, 0.4) is 0 Å². The monoisotopic (exact) mass is 1630 g/mol. The van der Waals surface area contributed by atoms with Gasteiger partial charge in [0.2, 0.25) is 17.7 Å². The molecule has 30 heteroatoms. The number of anilines is 3. The Balaban J connectivity index is 0.000000130. The molecular weight excluding hydrogens is 1540 g/mol. The van der Waals surface area contributed by atoms with E-state index in [9.17, 15) is 41.9 Å². The number of hydrogen-bond acceptors (Lipinski definition) is 18. The number of rotatable bonds is 9. The Kier molecular flexibility index (Phi) is 21.1. The minimum Gasteiger partial charge on any atom is -0.380 e. The molecule has 12 heterocycles. The minimum absolute atomic E-state index is 0.0989. The van der Waals surface area contributed by atoms with E-state index < -0.39 is 34.9 Å². The molecule has 21 nitrogen and oxygen atoms in total. The lowest BCUT2D eigenvalue weighted by Crippen LogP contribution is -2.58. The fourth-order valence-corrected chi connectivity index (χ4v) is 22.3. The summed E-state index contributed by atoms with van der Waals surface area (Å²) in [4.78, 5) is 106. The summed E-state index contributed by atoms with van der Waals surface area (Å²) in [5.74, 6) is -0.405. The van der Waals surface area contributed by atoms with E-state index in [1.807, 2.05) is 76.5 Å². The highest BCUT2D eigenvalue weighted by molar-refractivity contribution is 8.00. The van der Waals surface area contributed by atoms with E-state index in [4.69, 9.17) is 14.2 Å². The topological polar surface area (TPSA) is 203 Å². The van der Waals surface area contributed by atoms with Gasteiger partial charge in [0.15, 0.2) is 0 Å². The number of halogens is 6. The van der Waals surface area contributed by atoms with Gasteiger partial charge >= 0.3 is 17.1 Å². The Morgan fingerprint density at radius 2 is 0.800 bits per heavy atom. The maximum Gasteiger partial charge on any atom is 0.350 e. The predicted molar refractivity (Wildman–Crippen MR) is 436 cm³/mol. The van der Waals surface area contributed by atoms with Gasteiger partial charge in [0.05, 0.1) is 56.2 Å². The van der Waals surface area contributed by atoms with E-state index in [-0.39, 0.29) is 75.2 Å². The third-order valence-electron chi connectivity index (χ3n) is 23.7. The van der Waals surface area contributed by atoms with E-state index in [0.717, 1.165) is 71.3 Å². The van der Waals surface area contributed by atoms with Crippen molar-refractivity contribution in [2.45, 2.75) is 107 Å². The molecule has 6 fully saturated rings. The molecule has 0 unspecified atom stereocenters. The SMILES string of the molecule is C=CC(=O)N1CCN(c2nc(=O)n3c4c(c(-c5ccc(F)cc5F)c(C)cc24)SCC2(COC2)C3)CC1.C=CC(=O)N1C[C@H](C)N(c2nc(=O)n3c4c(c(-c5ccc(F)cc5F)c(C)cc24)SCC2(COC2)C3)C[C@H]1C.C=CC(=O)N1[C@H](C)CN(c2nc(=O)n3c4c(c(-c5ccc(F)cc5F)c(C)cc24)SCC2(COC2)C3)C[C@@H]1C. The van der Waals surface area contributed by atoms with Gasteiger partial charge in [0.25, 0.3) is 0 Å². The molecule has 600 valence electrons. The molecule has 3 spiro atoms. The Morgan fingerprint density at radius 1 is 0.443 bits per heavy atom. The van der Waals surface area contributed by atoms with Crippen molar-refractivity contribution in [1.29, 1.82) is 0 Å². The molecule has 3 aromatic heterocycles. The Hall–Kier alpha value is -9.72. The van der Waals surface area contributed by atoms with Crippen molar-refractivity contribution >= 4 is 103 Å². The Bertz CT molecular complexity index is 5770. The van der Waals surface area contributed by atoms with E-state index >= 15 is 13.2 Å². The summed E-state index contributed by atoms with van der Waals surface area (Å²) in [5, 5.41) is 2.42. The highest BCUT2D eigenvalue weighted by Gasteiger charge is 2.47. The van der Waals surface area contributed by atoms with Crippen LogP contribution >= 0.6 is 35.3 Å². The zero-order valence-electron chi connectivity index (χ0n) is 64.8. The van der Waals surface area contributed by atoms with Gasteiger partial charge in [-0.25, -0.2) is 40.7 Å². The molecule has 0 N–H and O–H groups in total. The van der Waals surface area contributed by atoms with Crippen molar-refractivity contribution < 1.29 is 54.9 Å². The first-order chi connectivity index (χ1) is 55.0. The molecule has 0 aliphatic carbocycles. The number of thioether (sulfide) groups is 3. The third-order valence-corrected chi connectivity index (χ3v) is 28.0. The lowest BCUT2D eigenvalue weighted by molar-refractivity contribution is -0.131. The molecule has 0 bridgehead atoms. The average Bonchev–Trinajstić information content (AvgIpc) is 1.71. The summed E-state index contributed by atoms with van der Waals surface area (Å²) in [5.41, 5.74) is 5.75. The van der Waals surface area contributed by atoms with Crippen molar-refractivity contribution in [1.82, 2.24) is 43.4 Å². The average molecular weight is 1630 g/mol. The second-order valence-corrected chi connectivity index (χ2v) is 35.1. The minimum atomic E-state index is -0.645. The number of nitrogens with zero attached hydrogens (tertiary/aromatic N) is 12. The highest BCUT2D eigenvalue weighted by Crippen LogP contribution is 2.53. The summed E-state index contributed by atoms with van der Waals surface area (Å²) in [7, 11) is 0. The second-order valence-electron chi connectivity index (χ2n) is 32.1. The first-order valence-corrected chi connectivity index (χ1v) is 41.3. The molecule has 6 aromatic carbocycles. The van der Waals surface area contributed by atoms with Crippen LogP contribution < -0.4 is 31.8 Å². The van der Waals surface area contributed by atoms with Crippen LogP contribution in [0.4, 0.5) is 43.8 Å². The number of hydrogen-bond donors (Lipinski definition) is 0. The predicted octanol–water partition coefficient (Wildman–Crippen LogP) is 12.4. The maximum absolute atomic E-state index is 15.2. The lowest BCUT2D eigenvalue weighted by Gasteiger charge is -2.44. The van der Waals surface area contributed by atoms with E-state index in [1.54, 1.807) is 58.8 Å². The smallest absolute Gasteiger partial charge is 0.350 e. The summed E-state index contributed by atoms with van der Waals surface area (Å²) in [6.07, 6.45) is 3.96. The Morgan fingerprint density at radius 3 is 1.15 bits per heavy atom. The zero-order chi connectivity index (χ0) is 81.2. The molecule has 9 aromatic rings. The number of piperazine rings is 3. The number of aryl methyl sites for hydroxylation is 3. The number of amides is 3. The molecule has 9 aliphatic heterocycles. The van der Waals surface area contributed by atoms with Crippen LogP contribution in [0.5, 0.6) is 0 Å². The Labute approximate surface area is 672 Å². The van der Waals surface area contributed by atoms with E-state index in [1.165, 1.54) is 54.6 Å². The molecule has 0 radical (unpaired) electrons. The van der Waals surface area contributed by atoms with Crippen molar-refractivity contribution in [2.75, 3.05) is 124 Å². The van der Waals surface area contributed by atoms with Gasteiger partial charge in [0, 0.05) is 212 Å². The van der Waals surface area contributed by atoms with Gasteiger partial charge in [0.1, 0.15) is 52.4 Å². The van der Waals surface area contributed by atoms with E-state index in [0.29, 0.717) is 191 Å². The molecule has 18 rings (SSSR count). The third kappa shape index (κ3) is 14.1. The number of benzene rings is 6. The van der Waals surface area contributed by atoms with Crippen LogP contribution in [-0.2, 0) is 48.2 Å². The van der Waals surface area contributed by atoms with E-state index in [2.05, 4.69) is 44.5 Å². The van der Waals surface area contributed by atoms with Gasteiger partial charge in [-0.15, -0.1) is 35.3 Å². The number of carbonyl (C=O) groups is 3. The fourth-order valence-electron chi connectivity index (χ4n) is 17.9. The largest absolute Gasteiger partial charge is 0.380 e. The van der Waals surface area contributed by atoms with Crippen molar-refractivity contribution in [3.63, 3.8) is 0 Å². The van der Waals surface area contributed by atoms with Crippen LogP contribution in [-0.4, -0.2) is 194 Å². The summed E-state index contributed by atoms with van der Waals surface area (Å²) >= 11 is 4.79. The quantitative estimate of drug-likeness (QED) is 0.0974. The molecule has 4 atom stereocenters. The molecular formula is C85H86F6N12O9S3. The van der Waals surface area contributed by atoms with Crippen molar-refractivity contribution in [3.05, 3.63) is 194 Å². The van der Waals surface area contributed by atoms with Crippen LogP contribution in [0.1, 0.15) is 44.4 Å². The zero-order valence-corrected chi connectivity index (χ0v) is 67.2. The molecule has 9 aliphatic rings. The van der Waals surface area contributed by atoms with Crippen molar-refractivity contribution in [2.24, 2.45) is 16.2 Å². The van der Waals surface area contributed by atoms with Gasteiger partial charge in [-0.1, -0.05) is 19.7 Å². The first-order valence-electron chi connectivity index (χ1n) is 38.3.